The summed E-state index contributed by atoms with van der Waals surface area (Å²) < 4.78 is 43.2. The molecule has 1 aliphatic heterocycles. The average Bonchev–Trinajstić information content (AvgIpc) is 3.47. The number of carbonyl (C=O) groups excluding carboxylic acids is 2. The Balaban J connectivity index is 1.23. The molecule has 0 unspecified atom stereocenters. The maximum absolute atomic E-state index is 13.5. The van der Waals surface area contributed by atoms with Crippen LogP contribution in [0.25, 0.3) is 17.7 Å². The Morgan fingerprint density at radius 2 is 1.85 bits per heavy atom. The van der Waals surface area contributed by atoms with Crippen molar-refractivity contribution < 1.29 is 22.8 Å². The Morgan fingerprint density at radius 1 is 1.07 bits per heavy atom. The third kappa shape index (κ3) is 5.35. The zero-order valence-corrected chi connectivity index (χ0v) is 21.1. The summed E-state index contributed by atoms with van der Waals surface area (Å²) in [6.07, 6.45) is 9.97. The molecule has 4 aromatic rings. The summed E-state index contributed by atoms with van der Waals surface area (Å²) in [5, 5.41) is 5.47. The number of hydrogen-bond donors (Lipinski definition) is 2. The van der Waals surface area contributed by atoms with Crippen molar-refractivity contribution in [2.75, 3.05) is 11.9 Å². The molecule has 8 nitrogen and oxygen atoms in total. The van der Waals surface area contributed by atoms with Crippen molar-refractivity contribution in [1.29, 1.82) is 0 Å². The van der Waals surface area contributed by atoms with Crippen LogP contribution < -0.4 is 16.2 Å². The highest BCUT2D eigenvalue weighted by Gasteiger charge is 2.24. The molecule has 40 heavy (non-hydrogen) atoms. The summed E-state index contributed by atoms with van der Waals surface area (Å²) in [4.78, 5) is 42.1. The van der Waals surface area contributed by atoms with Gasteiger partial charge in [0.25, 0.3) is 17.4 Å². The first-order valence-electron chi connectivity index (χ1n) is 12.1. The highest BCUT2D eigenvalue weighted by molar-refractivity contribution is 6.34. The number of amides is 2. The van der Waals surface area contributed by atoms with Gasteiger partial charge in [0.05, 0.1) is 12.1 Å². The molecular weight excluding hydrogens is 523 g/mol. The van der Waals surface area contributed by atoms with Crippen molar-refractivity contribution in [2.45, 2.75) is 6.54 Å². The number of anilines is 1. The number of pyridine rings is 1. The Labute approximate surface area is 226 Å². The molecule has 202 valence electrons. The minimum absolute atomic E-state index is 0.0313. The molecule has 1 aliphatic rings. The van der Waals surface area contributed by atoms with Gasteiger partial charge in [-0.2, -0.15) is 0 Å². The number of benzene rings is 2. The van der Waals surface area contributed by atoms with Crippen LogP contribution in [-0.2, 0) is 18.4 Å². The molecule has 2 aromatic heterocycles. The van der Waals surface area contributed by atoms with E-state index in [1.165, 1.54) is 18.3 Å². The number of fused-ring (bicyclic) bond motifs is 1. The third-order valence-corrected chi connectivity index (χ3v) is 6.31. The van der Waals surface area contributed by atoms with Crippen LogP contribution in [0.4, 0.5) is 18.9 Å². The van der Waals surface area contributed by atoms with Crippen LogP contribution in [0.15, 0.2) is 71.9 Å². The molecule has 2 aromatic carbocycles. The lowest BCUT2D eigenvalue weighted by atomic mass is 10.0. The lowest BCUT2D eigenvalue weighted by molar-refractivity contribution is -0.110. The normalized spacial score (nSPS) is 13.6. The summed E-state index contributed by atoms with van der Waals surface area (Å²) in [5.41, 5.74) is 1.91. The van der Waals surface area contributed by atoms with Crippen molar-refractivity contribution >= 4 is 35.2 Å². The fourth-order valence-electron chi connectivity index (χ4n) is 4.28. The molecule has 3 heterocycles. The molecule has 0 atom stereocenters. The number of imidazole rings is 1. The summed E-state index contributed by atoms with van der Waals surface area (Å²) in [5.74, 6) is -4.53. The quantitative estimate of drug-likeness (QED) is 0.271. The molecule has 0 aliphatic carbocycles. The topological polar surface area (TPSA) is 98.0 Å². The summed E-state index contributed by atoms with van der Waals surface area (Å²) in [7, 11) is 1.84. The molecule has 0 radical (unpaired) electrons. The second-order valence-corrected chi connectivity index (χ2v) is 9.05. The van der Waals surface area contributed by atoms with E-state index in [1.807, 2.05) is 29.8 Å². The Morgan fingerprint density at radius 3 is 2.58 bits per heavy atom. The van der Waals surface area contributed by atoms with E-state index in [9.17, 15) is 27.6 Å². The minimum atomic E-state index is -1.59. The molecule has 0 saturated carbocycles. The van der Waals surface area contributed by atoms with Gasteiger partial charge in [-0.15, -0.1) is 0 Å². The second kappa shape index (κ2) is 10.9. The number of aromatic nitrogens is 3. The van der Waals surface area contributed by atoms with Crippen molar-refractivity contribution in [1.82, 2.24) is 19.4 Å². The summed E-state index contributed by atoms with van der Waals surface area (Å²) >= 11 is 0. The van der Waals surface area contributed by atoms with Gasteiger partial charge in [0.1, 0.15) is 11.4 Å². The molecule has 2 amide bonds. The van der Waals surface area contributed by atoms with Gasteiger partial charge in [0.15, 0.2) is 17.5 Å². The van der Waals surface area contributed by atoms with Crippen LogP contribution in [0.5, 0.6) is 0 Å². The highest BCUT2D eigenvalue weighted by atomic mass is 19.2. The number of aryl methyl sites for hydroxylation is 1. The van der Waals surface area contributed by atoms with E-state index in [0.717, 1.165) is 27.8 Å². The number of rotatable bonds is 7. The standard InChI is InChI=1S/C29H22F3N5O3/c1-36-11-9-33-25(36)15-21-19-7-6-17(14-24(19)35-28(21)39)4-2-8-34-27(38)20-5-3-10-37(29(20)40)16-18-12-22(30)26(32)23(31)13-18/h2-7,9-15H,8,16H2,1H3,(H,34,38)(H,35,39). The lowest BCUT2D eigenvalue weighted by Gasteiger charge is -2.09. The SMILES string of the molecule is Cn1ccnc1C=C1C(=O)Nc2cc(C=CCNC(=O)c3cccn(Cc4cc(F)c(F)c(F)c4)c3=O)ccc21. The van der Waals surface area contributed by atoms with E-state index in [4.69, 9.17) is 0 Å². The Kier molecular flexibility index (Phi) is 7.19. The third-order valence-electron chi connectivity index (χ3n) is 6.31. The zero-order valence-electron chi connectivity index (χ0n) is 21.1. The van der Waals surface area contributed by atoms with E-state index >= 15 is 0 Å². The lowest BCUT2D eigenvalue weighted by Crippen LogP contribution is -2.33. The van der Waals surface area contributed by atoms with Crippen molar-refractivity contribution in [3.05, 3.63) is 123 Å². The predicted molar refractivity (Wildman–Crippen MR) is 144 cm³/mol. The summed E-state index contributed by atoms with van der Waals surface area (Å²) in [6.45, 7) is -0.142. The highest BCUT2D eigenvalue weighted by Crippen LogP contribution is 2.33. The first-order chi connectivity index (χ1) is 19.2. The number of nitrogens with zero attached hydrogens (tertiary/aromatic N) is 3. The molecule has 2 N–H and O–H groups in total. The molecule has 0 spiro atoms. The molecular formula is C29H22F3N5O3. The first kappa shape index (κ1) is 26.4. The maximum atomic E-state index is 13.5. The zero-order chi connectivity index (χ0) is 28.4. The predicted octanol–water partition coefficient (Wildman–Crippen LogP) is 3.98. The summed E-state index contributed by atoms with van der Waals surface area (Å²) in [6, 6.07) is 9.85. The van der Waals surface area contributed by atoms with Gasteiger partial charge in [-0.25, -0.2) is 18.2 Å². The van der Waals surface area contributed by atoms with Crippen LogP contribution in [0.1, 0.15) is 32.9 Å². The Bertz CT molecular complexity index is 1750. The minimum Gasteiger partial charge on any atom is -0.348 e. The van der Waals surface area contributed by atoms with Crippen molar-refractivity contribution in [3.63, 3.8) is 0 Å². The smallest absolute Gasteiger partial charge is 0.263 e. The van der Waals surface area contributed by atoms with Gasteiger partial charge in [0.2, 0.25) is 0 Å². The van der Waals surface area contributed by atoms with Crippen LogP contribution >= 0.6 is 0 Å². The number of carbonyl (C=O) groups is 2. The largest absolute Gasteiger partial charge is 0.348 e. The van der Waals surface area contributed by atoms with Crippen LogP contribution in [0.2, 0.25) is 0 Å². The van der Waals surface area contributed by atoms with Gasteiger partial charge in [0, 0.05) is 43.4 Å². The molecule has 0 bridgehead atoms. The van der Waals surface area contributed by atoms with E-state index in [0.29, 0.717) is 17.1 Å². The van der Waals surface area contributed by atoms with E-state index in [2.05, 4.69) is 15.6 Å². The molecule has 0 fully saturated rings. The van der Waals surface area contributed by atoms with E-state index in [1.54, 1.807) is 30.6 Å². The molecule has 0 saturated heterocycles. The monoisotopic (exact) mass is 545 g/mol. The van der Waals surface area contributed by atoms with Crippen LogP contribution in [-0.4, -0.2) is 32.5 Å². The first-order valence-corrected chi connectivity index (χ1v) is 12.1. The van der Waals surface area contributed by atoms with Gasteiger partial charge in [-0.05, 0) is 47.5 Å². The molecule has 11 heteroatoms. The van der Waals surface area contributed by atoms with Crippen LogP contribution in [0, 0.1) is 17.5 Å². The molecule has 5 rings (SSSR count). The van der Waals surface area contributed by atoms with E-state index in [-0.39, 0.29) is 30.1 Å². The Hall–Kier alpha value is -5.19. The number of halogens is 3. The van der Waals surface area contributed by atoms with Crippen molar-refractivity contribution in [3.8, 4) is 0 Å². The van der Waals surface area contributed by atoms with Crippen molar-refractivity contribution in [2.24, 2.45) is 7.05 Å². The van der Waals surface area contributed by atoms with Gasteiger partial charge >= 0.3 is 0 Å². The van der Waals surface area contributed by atoms with Crippen LogP contribution in [0.3, 0.4) is 0 Å². The fraction of sp³-hybridized carbons (Fsp3) is 0.103. The maximum Gasteiger partial charge on any atom is 0.263 e. The number of nitrogens with one attached hydrogen (secondary N) is 2. The second-order valence-electron chi connectivity index (χ2n) is 9.05. The average molecular weight is 546 g/mol. The van der Waals surface area contributed by atoms with Gasteiger partial charge < -0.3 is 19.8 Å². The fourth-order valence-corrected chi connectivity index (χ4v) is 4.28. The van der Waals surface area contributed by atoms with Gasteiger partial charge in [-0.1, -0.05) is 24.3 Å². The van der Waals surface area contributed by atoms with E-state index < -0.39 is 28.9 Å². The van der Waals surface area contributed by atoms with Gasteiger partial charge in [-0.3, -0.25) is 14.4 Å². The number of hydrogen-bond acceptors (Lipinski definition) is 4.